The van der Waals surface area contributed by atoms with Crippen LogP contribution in [0.25, 0.3) is 0 Å². The maximum Gasteiger partial charge on any atom is 0.0639 e. The van der Waals surface area contributed by atoms with Gasteiger partial charge >= 0.3 is 0 Å². The summed E-state index contributed by atoms with van der Waals surface area (Å²) in [5.41, 5.74) is 1.18. The minimum absolute atomic E-state index is 0.816. The van der Waals surface area contributed by atoms with Crippen LogP contribution in [0.5, 0.6) is 0 Å². The molecule has 2 aliphatic heterocycles. The molecule has 20 heavy (non-hydrogen) atoms. The van der Waals surface area contributed by atoms with Gasteiger partial charge in [-0.2, -0.15) is 0 Å². The van der Waals surface area contributed by atoms with Crippen LogP contribution in [0, 0.1) is 11.8 Å². The van der Waals surface area contributed by atoms with Gasteiger partial charge in [0.1, 0.15) is 0 Å². The highest BCUT2D eigenvalue weighted by Gasteiger charge is 2.27. The first-order valence-corrected chi connectivity index (χ1v) is 8.04. The van der Waals surface area contributed by atoms with Crippen molar-refractivity contribution in [3.8, 4) is 0 Å². The Morgan fingerprint density at radius 3 is 2.55 bits per heavy atom. The van der Waals surface area contributed by atoms with Gasteiger partial charge in [0.05, 0.1) is 10.7 Å². The second-order valence-corrected chi connectivity index (χ2v) is 6.54. The standard InChI is InChI=1S/C16H24ClN3/c1-13-10-18-11-14(13)12-19-6-8-20(9-7-19)16-5-3-2-4-15(16)17/h2-5,13-14,18H,6-12H2,1H3/t13-,14+/m1/s1. The van der Waals surface area contributed by atoms with Crippen molar-refractivity contribution in [1.82, 2.24) is 10.2 Å². The van der Waals surface area contributed by atoms with Crippen LogP contribution < -0.4 is 10.2 Å². The van der Waals surface area contributed by atoms with Crippen LogP contribution in [0.15, 0.2) is 24.3 Å². The van der Waals surface area contributed by atoms with Gasteiger partial charge in [0, 0.05) is 32.7 Å². The highest BCUT2D eigenvalue weighted by atomic mass is 35.5. The Morgan fingerprint density at radius 2 is 1.90 bits per heavy atom. The van der Waals surface area contributed by atoms with E-state index in [1.54, 1.807) is 0 Å². The molecule has 0 radical (unpaired) electrons. The van der Waals surface area contributed by atoms with E-state index in [1.807, 2.05) is 12.1 Å². The van der Waals surface area contributed by atoms with Gasteiger partial charge < -0.3 is 10.2 Å². The van der Waals surface area contributed by atoms with Crippen LogP contribution in [-0.4, -0.2) is 50.7 Å². The maximum absolute atomic E-state index is 6.29. The Balaban J connectivity index is 1.53. The van der Waals surface area contributed by atoms with E-state index in [1.165, 1.54) is 25.3 Å². The van der Waals surface area contributed by atoms with E-state index in [9.17, 15) is 0 Å². The number of piperazine rings is 1. The number of hydrogen-bond donors (Lipinski definition) is 1. The van der Waals surface area contributed by atoms with Gasteiger partial charge in [0.2, 0.25) is 0 Å². The van der Waals surface area contributed by atoms with E-state index < -0.39 is 0 Å². The van der Waals surface area contributed by atoms with E-state index >= 15 is 0 Å². The Labute approximate surface area is 126 Å². The summed E-state index contributed by atoms with van der Waals surface area (Å²) in [6.07, 6.45) is 0. The average Bonchev–Trinajstić information content (AvgIpc) is 2.86. The van der Waals surface area contributed by atoms with Crippen molar-refractivity contribution in [2.45, 2.75) is 6.92 Å². The number of nitrogens with one attached hydrogen (secondary N) is 1. The predicted octanol–water partition coefficient (Wildman–Crippen LogP) is 2.32. The van der Waals surface area contributed by atoms with Crippen LogP contribution in [-0.2, 0) is 0 Å². The molecule has 2 heterocycles. The highest BCUT2D eigenvalue weighted by molar-refractivity contribution is 6.33. The molecular formula is C16H24ClN3. The Bertz CT molecular complexity index is 443. The minimum atomic E-state index is 0.816. The van der Waals surface area contributed by atoms with Gasteiger partial charge in [-0.15, -0.1) is 0 Å². The Hall–Kier alpha value is -0.770. The molecule has 0 aliphatic carbocycles. The molecule has 110 valence electrons. The Kier molecular flexibility index (Phi) is 4.49. The topological polar surface area (TPSA) is 18.5 Å². The first kappa shape index (κ1) is 14.2. The summed E-state index contributed by atoms with van der Waals surface area (Å²) in [5.74, 6) is 1.64. The summed E-state index contributed by atoms with van der Waals surface area (Å²) in [5, 5.41) is 4.37. The summed E-state index contributed by atoms with van der Waals surface area (Å²) in [7, 11) is 0. The fourth-order valence-corrected chi connectivity index (χ4v) is 3.58. The van der Waals surface area contributed by atoms with Gasteiger partial charge in [0.15, 0.2) is 0 Å². The van der Waals surface area contributed by atoms with Crippen molar-refractivity contribution < 1.29 is 0 Å². The van der Waals surface area contributed by atoms with Crippen LogP contribution in [0.3, 0.4) is 0 Å². The highest BCUT2D eigenvalue weighted by Crippen LogP contribution is 2.26. The number of nitrogens with zero attached hydrogens (tertiary/aromatic N) is 2. The predicted molar refractivity (Wildman–Crippen MR) is 85.6 cm³/mol. The molecule has 0 amide bonds. The smallest absolute Gasteiger partial charge is 0.0639 e. The zero-order valence-corrected chi connectivity index (χ0v) is 12.9. The van der Waals surface area contributed by atoms with Crippen molar-refractivity contribution in [2.24, 2.45) is 11.8 Å². The second-order valence-electron chi connectivity index (χ2n) is 6.13. The molecule has 2 fully saturated rings. The van der Waals surface area contributed by atoms with E-state index in [0.717, 1.165) is 43.0 Å². The molecule has 0 aromatic heterocycles. The molecule has 0 bridgehead atoms. The van der Waals surface area contributed by atoms with Crippen LogP contribution in [0.4, 0.5) is 5.69 Å². The number of anilines is 1. The quantitative estimate of drug-likeness (QED) is 0.923. The van der Waals surface area contributed by atoms with Crippen LogP contribution in [0.2, 0.25) is 5.02 Å². The molecule has 1 N–H and O–H groups in total. The molecule has 1 aromatic rings. The zero-order valence-electron chi connectivity index (χ0n) is 12.2. The van der Waals surface area contributed by atoms with Crippen LogP contribution in [0.1, 0.15) is 6.92 Å². The van der Waals surface area contributed by atoms with Crippen LogP contribution >= 0.6 is 11.6 Å². The molecule has 0 saturated carbocycles. The number of hydrogen-bond acceptors (Lipinski definition) is 3. The number of benzene rings is 1. The lowest BCUT2D eigenvalue weighted by molar-refractivity contribution is 0.208. The zero-order chi connectivity index (χ0) is 13.9. The number of rotatable bonds is 3. The molecule has 0 unspecified atom stereocenters. The third-order valence-corrected chi connectivity index (χ3v) is 5.06. The minimum Gasteiger partial charge on any atom is -0.368 e. The second kappa shape index (κ2) is 6.33. The molecule has 2 aliphatic rings. The maximum atomic E-state index is 6.29. The van der Waals surface area contributed by atoms with Crippen molar-refractivity contribution in [3.63, 3.8) is 0 Å². The largest absolute Gasteiger partial charge is 0.368 e. The molecular weight excluding hydrogens is 270 g/mol. The monoisotopic (exact) mass is 293 g/mol. The van der Waals surface area contributed by atoms with E-state index in [-0.39, 0.29) is 0 Å². The lowest BCUT2D eigenvalue weighted by atomic mass is 9.97. The summed E-state index contributed by atoms with van der Waals surface area (Å²) in [4.78, 5) is 5.02. The first-order valence-electron chi connectivity index (χ1n) is 7.66. The molecule has 3 nitrogen and oxygen atoms in total. The summed E-state index contributed by atoms with van der Waals surface area (Å²) in [6.45, 7) is 10.4. The normalized spacial score (nSPS) is 28.0. The van der Waals surface area contributed by atoms with Gasteiger partial charge in [-0.3, -0.25) is 4.90 Å². The summed E-state index contributed by atoms with van der Waals surface area (Å²) < 4.78 is 0. The van der Waals surface area contributed by atoms with Crippen molar-refractivity contribution in [1.29, 1.82) is 0 Å². The Morgan fingerprint density at radius 1 is 1.15 bits per heavy atom. The molecule has 3 rings (SSSR count). The third kappa shape index (κ3) is 3.11. The van der Waals surface area contributed by atoms with Gasteiger partial charge in [0.25, 0.3) is 0 Å². The molecule has 2 atom stereocenters. The molecule has 0 spiro atoms. The number of halogens is 1. The third-order valence-electron chi connectivity index (χ3n) is 4.74. The van der Waals surface area contributed by atoms with Gasteiger partial charge in [-0.25, -0.2) is 0 Å². The van der Waals surface area contributed by atoms with E-state index in [4.69, 9.17) is 11.6 Å². The lowest BCUT2D eigenvalue weighted by Crippen LogP contribution is -2.48. The lowest BCUT2D eigenvalue weighted by Gasteiger charge is -2.37. The van der Waals surface area contributed by atoms with E-state index in [0.29, 0.717) is 0 Å². The van der Waals surface area contributed by atoms with Gasteiger partial charge in [-0.1, -0.05) is 30.7 Å². The van der Waals surface area contributed by atoms with Crippen molar-refractivity contribution >= 4 is 17.3 Å². The number of para-hydroxylation sites is 1. The molecule has 4 heteroatoms. The van der Waals surface area contributed by atoms with E-state index in [2.05, 4.69) is 34.2 Å². The van der Waals surface area contributed by atoms with Crippen molar-refractivity contribution in [2.75, 3.05) is 50.7 Å². The summed E-state index contributed by atoms with van der Waals surface area (Å²) >= 11 is 6.29. The fraction of sp³-hybridized carbons (Fsp3) is 0.625. The average molecular weight is 294 g/mol. The van der Waals surface area contributed by atoms with Gasteiger partial charge in [-0.05, 0) is 37.1 Å². The fourth-order valence-electron chi connectivity index (χ4n) is 3.32. The molecule has 2 saturated heterocycles. The van der Waals surface area contributed by atoms with Crippen molar-refractivity contribution in [3.05, 3.63) is 29.3 Å². The summed E-state index contributed by atoms with van der Waals surface area (Å²) in [6, 6.07) is 8.17. The SMILES string of the molecule is C[C@@H]1CNC[C@H]1CN1CCN(c2ccccc2Cl)CC1. The molecule has 1 aromatic carbocycles. The first-order chi connectivity index (χ1) is 9.74.